The molecule has 1 N–H and O–H groups in total. The first-order valence-corrected chi connectivity index (χ1v) is 6.17. The molecule has 0 aromatic heterocycles. The second-order valence-electron chi connectivity index (χ2n) is 4.81. The molecule has 0 aliphatic carbocycles. The lowest BCUT2D eigenvalue weighted by Crippen LogP contribution is -2.30. The first kappa shape index (κ1) is 13.8. The summed E-state index contributed by atoms with van der Waals surface area (Å²) in [5.74, 6) is -0.816. The molecule has 104 valence electrons. The van der Waals surface area contributed by atoms with Crippen molar-refractivity contribution < 1.29 is 24.1 Å². The van der Waals surface area contributed by atoms with Crippen LogP contribution in [0.1, 0.15) is 18.9 Å². The van der Waals surface area contributed by atoms with Crippen molar-refractivity contribution in [3.05, 3.63) is 29.8 Å². The first-order chi connectivity index (χ1) is 9.00. The standard InChI is InChI=1S/C14H18O5/c1-14(8-10-3-5-11(15)6-4-10)18-9-12(19-14)7-13(16)17-2/h3-6,12,15H,7-9H2,1-2H3. The Morgan fingerprint density at radius 2 is 2.16 bits per heavy atom. The van der Waals surface area contributed by atoms with Crippen LogP contribution in [0.15, 0.2) is 24.3 Å². The summed E-state index contributed by atoms with van der Waals surface area (Å²) in [6.45, 7) is 2.22. The molecule has 5 nitrogen and oxygen atoms in total. The number of ether oxygens (including phenoxy) is 3. The molecular weight excluding hydrogens is 248 g/mol. The number of methoxy groups -OCH3 is 1. The van der Waals surface area contributed by atoms with Gasteiger partial charge < -0.3 is 19.3 Å². The van der Waals surface area contributed by atoms with Crippen LogP contribution in [0.4, 0.5) is 0 Å². The molecule has 0 spiro atoms. The molecule has 1 aliphatic heterocycles. The van der Waals surface area contributed by atoms with Gasteiger partial charge in [-0.1, -0.05) is 12.1 Å². The fourth-order valence-electron chi connectivity index (χ4n) is 2.14. The van der Waals surface area contributed by atoms with Gasteiger partial charge in [-0.3, -0.25) is 4.79 Å². The molecule has 1 fully saturated rings. The molecule has 2 unspecified atom stereocenters. The predicted molar refractivity (Wildman–Crippen MR) is 67.7 cm³/mol. The zero-order valence-corrected chi connectivity index (χ0v) is 11.1. The smallest absolute Gasteiger partial charge is 0.308 e. The highest BCUT2D eigenvalue weighted by atomic mass is 16.7. The highest BCUT2D eigenvalue weighted by Crippen LogP contribution is 2.29. The Balaban J connectivity index is 1.93. The average Bonchev–Trinajstić information content (AvgIpc) is 2.73. The Morgan fingerprint density at radius 3 is 2.79 bits per heavy atom. The Labute approximate surface area is 112 Å². The lowest BCUT2D eigenvalue weighted by atomic mass is 10.1. The number of benzene rings is 1. The maximum absolute atomic E-state index is 11.2. The Kier molecular flexibility index (Phi) is 4.07. The number of hydrogen-bond donors (Lipinski definition) is 1. The summed E-state index contributed by atoms with van der Waals surface area (Å²) in [6.07, 6.45) is 0.488. The van der Waals surface area contributed by atoms with E-state index in [-0.39, 0.29) is 24.2 Å². The number of carbonyl (C=O) groups is 1. The summed E-state index contributed by atoms with van der Waals surface area (Å²) < 4.78 is 16.0. The van der Waals surface area contributed by atoms with E-state index in [1.807, 2.05) is 19.1 Å². The van der Waals surface area contributed by atoms with E-state index in [2.05, 4.69) is 4.74 Å². The van der Waals surface area contributed by atoms with E-state index in [4.69, 9.17) is 9.47 Å². The van der Waals surface area contributed by atoms with Crippen molar-refractivity contribution in [2.24, 2.45) is 0 Å². The van der Waals surface area contributed by atoms with Crippen molar-refractivity contribution in [2.45, 2.75) is 31.7 Å². The zero-order chi connectivity index (χ0) is 13.9. The van der Waals surface area contributed by atoms with Gasteiger partial charge in [0.05, 0.1) is 26.2 Å². The number of carbonyl (C=O) groups excluding carboxylic acids is 1. The van der Waals surface area contributed by atoms with Gasteiger partial charge in [0.2, 0.25) is 0 Å². The van der Waals surface area contributed by atoms with Gasteiger partial charge in [0, 0.05) is 6.42 Å². The van der Waals surface area contributed by atoms with E-state index >= 15 is 0 Å². The van der Waals surface area contributed by atoms with Gasteiger partial charge in [-0.05, 0) is 24.6 Å². The number of rotatable bonds is 4. The molecular formula is C14H18O5. The third-order valence-corrected chi connectivity index (χ3v) is 3.07. The maximum atomic E-state index is 11.2. The molecule has 19 heavy (non-hydrogen) atoms. The van der Waals surface area contributed by atoms with Crippen molar-refractivity contribution in [3.63, 3.8) is 0 Å². The van der Waals surface area contributed by atoms with Gasteiger partial charge in [-0.2, -0.15) is 0 Å². The number of hydrogen-bond acceptors (Lipinski definition) is 5. The van der Waals surface area contributed by atoms with Crippen LogP contribution in [0.3, 0.4) is 0 Å². The summed E-state index contributed by atoms with van der Waals surface area (Å²) in [5, 5.41) is 9.24. The van der Waals surface area contributed by atoms with Crippen molar-refractivity contribution in [1.82, 2.24) is 0 Å². The third kappa shape index (κ3) is 3.68. The van der Waals surface area contributed by atoms with E-state index in [0.29, 0.717) is 13.0 Å². The second kappa shape index (κ2) is 5.59. The van der Waals surface area contributed by atoms with Crippen LogP contribution < -0.4 is 0 Å². The second-order valence-corrected chi connectivity index (χ2v) is 4.81. The summed E-state index contributed by atoms with van der Waals surface area (Å²) in [6, 6.07) is 6.89. The summed E-state index contributed by atoms with van der Waals surface area (Å²) in [4.78, 5) is 11.2. The molecule has 0 bridgehead atoms. The van der Waals surface area contributed by atoms with Gasteiger partial charge in [0.25, 0.3) is 0 Å². The Hall–Kier alpha value is -1.59. The van der Waals surface area contributed by atoms with Gasteiger partial charge in [-0.25, -0.2) is 0 Å². The van der Waals surface area contributed by atoms with Crippen LogP contribution in [0.25, 0.3) is 0 Å². The lowest BCUT2D eigenvalue weighted by Gasteiger charge is -2.23. The molecule has 1 aliphatic rings. The van der Waals surface area contributed by atoms with E-state index in [0.717, 1.165) is 5.56 Å². The number of aromatic hydroxyl groups is 1. The van der Waals surface area contributed by atoms with Crippen LogP contribution in [0.5, 0.6) is 5.75 Å². The number of phenolic OH excluding ortho intramolecular Hbond substituents is 1. The molecule has 1 aromatic rings. The molecule has 1 saturated heterocycles. The van der Waals surface area contributed by atoms with E-state index in [9.17, 15) is 9.90 Å². The average molecular weight is 266 g/mol. The number of esters is 1. The molecule has 1 aromatic carbocycles. The quantitative estimate of drug-likeness (QED) is 0.839. The largest absolute Gasteiger partial charge is 0.508 e. The van der Waals surface area contributed by atoms with Gasteiger partial charge in [0.1, 0.15) is 5.75 Å². The van der Waals surface area contributed by atoms with E-state index in [1.165, 1.54) is 7.11 Å². The summed E-state index contributed by atoms with van der Waals surface area (Å²) >= 11 is 0. The summed E-state index contributed by atoms with van der Waals surface area (Å²) in [7, 11) is 1.35. The molecule has 0 amide bonds. The fourth-order valence-corrected chi connectivity index (χ4v) is 2.14. The molecule has 0 radical (unpaired) electrons. The fraction of sp³-hybridized carbons (Fsp3) is 0.500. The zero-order valence-electron chi connectivity index (χ0n) is 11.1. The highest BCUT2D eigenvalue weighted by molar-refractivity contribution is 5.69. The van der Waals surface area contributed by atoms with Crippen molar-refractivity contribution >= 4 is 5.97 Å². The highest BCUT2D eigenvalue weighted by Gasteiger charge is 2.38. The van der Waals surface area contributed by atoms with Crippen LogP contribution in [-0.4, -0.2) is 36.7 Å². The molecule has 5 heteroatoms. The van der Waals surface area contributed by atoms with Gasteiger partial charge in [-0.15, -0.1) is 0 Å². The minimum Gasteiger partial charge on any atom is -0.508 e. The predicted octanol–water partition coefficient (Wildman–Crippen LogP) is 1.63. The molecule has 2 rings (SSSR count). The molecule has 0 saturated carbocycles. The van der Waals surface area contributed by atoms with Crippen LogP contribution >= 0.6 is 0 Å². The molecule has 1 heterocycles. The Morgan fingerprint density at radius 1 is 1.47 bits per heavy atom. The molecule has 2 atom stereocenters. The van der Waals surface area contributed by atoms with Crippen LogP contribution in [0.2, 0.25) is 0 Å². The minimum absolute atomic E-state index is 0.196. The van der Waals surface area contributed by atoms with Crippen LogP contribution in [0, 0.1) is 0 Å². The SMILES string of the molecule is COC(=O)CC1COC(C)(Cc2ccc(O)cc2)O1. The minimum atomic E-state index is -0.740. The normalized spacial score (nSPS) is 26.3. The van der Waals surface area contributed by atoms with Crippen LogP contribution in [-0.2, 0) is 25.4 Å². The lowest BCUT2D eigenvalue weighted by molar-refractivity contribution is -0.159. The number of phenols is 1. The van der Waals surface area contributed by atoms with Gasteiger partial charge >= 0.3 is 5.97 Å². The van der Waals surface area contributed by atoms with E-state index in [1.54, 1.807) is 12.1 Å². The Bertz CT molecular complexity index is 442. The van der Waals surface area contributed by atoms with Crippen molar-refractivity contribution in [1.29, 1.82) is 0 Å². The first-order valence-electron chi connectivity index (χ1n) is 6.17. The topological polar surface area (TPSA) is 65.0 Å². The monoisotopic (exact) mass is 266 g/mol. The van der Waals surface area contributed by atoms with Crippen molar-refractivity contribution in [3.8, 4) is 5.75 Å². The van der Waals surface area contributed by atoms with Crippen molar-refractivity contribution in [2.75, 3.05) is 13.7 Å². The third-order valence-electron chi connectivity index (χ3n) is 3.07. The summed E-state index contributed by atoms with van der Waals surface area (Å²) in [5.41, 5.74) is 0.999. The maximum Gasteiger partial charge on any atom is 0.308 e. The van der Waals surface area contributed by atoms with Gasteiger partial charge in [0.15, 0.2) is 5.79 Å². The van der Waals surface area contributed by atoms with E-state index < -0.39 is 5.79 Å².